The highest BCUT2D eigenvalue weighted by atomic mass is 35.5. The summed E-state index contributed by atoms with van der Waals surface area (Å²) in [5, 5.41) is 10.2. The molecule has 0 aliphatic carbocycles. The number of aliphatic carboxylic acids is 1. The second kappa shape index (κ2) is 7.38. The molecule has 0 fully saturated rings. The molecule has 0 aromatic heterocycles. The van der Waals surface area contributed by atoms with Crippen molar-refractivity contribution in [2.24, 2.45) is 0 Å². The van der Waals surface area contributed by atoms with Crippen molar-refractivity contribution in [1.29, 1.82) is 0 Å². The van der Waals surface area contributed by atoms with Gasteiger partial charge in [0.1, 0.15) is 11.5 Å². The Morgan fingerprint density at radius 1 is 1.23 bits per heavy atom. The molecule has 0 saturated carbocycles. The SMILES string of the molecule is COc1ccc(C[C@H](Oc2cccc(Cl)c2)C(=O)O)cc1Cl. The van der Waals surface area contributed by atoms with E-state index in [1.165, 1.54) is 7.11 Å². The largest absolute Gasteiger partial charge is 0.495 e. The lowest BCUT2D eigenvalue weighted by Crippen LogP contribution is -2.29. The number of hydrogen-bond acceptors (Lipinski definition) is 3. The number of carbonyl (C=O) groups is 1. The minimum atomic E-state index is -1.06. The van der Waals surface area contributed by atoms with Crippen LogP contribution in [0.3, 0.4) is 0 Å². The van der Waals surface area contributed by atoms with Gasteiger partial charge < -0.3 is 14.6 Å². The minimum Gasteiger partial charge on any atom is -0.495 e. The summed E-state index contributed by atoms with van der Waals surface area (Å²) in [5.74, 6) is -0.125. The number of carboxylic acid groups (broad SMARTS) is 1. The smallest absolute Gasteiger partial charge is 0.345 e. The van der Waals surface area contributed by atoms with Crippen molar-refractivity contribution in [1.82, 2.24) is 0 Å². The van der Waals surface area contributed by atoms with Crippen molar-refractivity contribution in [2.45, 2.75) is 12.5 Å². The van der Waals surface area contributed by atoms with Crippen LogP contribution in [0.25, 0.3) is 0 Å². The van der Waals surface area contributed by atoms with Crippen molar-refractivity contribution in [3.05, 3.63) is 58.1 Å². The van der Waals surface area contributed by atoms with Crippen LogP contribution in [0.1, 0.15) is 5.56 Å². The molecule has 22 heavy (non-hydrogen) atoms. The van der Waals surface area contributed by atoms with Crippen LogP contribution < -0.4 is 9.47 Å². The lowest BCUT2D eigenvalue weighted by molar-refractivity contribution is -0.145. The molecule has 2 aromatic carbocycles. The summed E-state index contributed by atoms with van der Waals surface area (Å²) in [6.45, 7) is 0. The zero-order valence-corrected chi connectivity index (χ0v) is 13.3. The molecule has 2 rings (SSSR count). The number of ether oxygens (including phenoxy) is 2. The van der Waals surface area contributed by atoms with E-state index in [-0.39, 0.29) is 6.42 Å². The zero-order chi connectivity index (χ0) is 16.1. The van der Waals surface area contributed by atoms with Crippen LogP contribution in [0, 0.1) is 0 Å². The lowest BCUT2D eigenvalue weighted by atomic mass is 10.1. The van der Waals surface area contributed by atoms with E-state index in [0.29, 0.717) is 21.5 Å². The Kier molecular flexibility index (Phi) is 5.52. The molecule has 0 saturated heterocycles. The first-order valence-electron chi connectivity index (χ1n) is 6.47. The molecule has 0 aliphatic rings. The van der Waals surface area contributed by atoms with Crippen molar-refractivity contribution in [3.63, 3.8) is 0 Å². The first-order valence-corrected chi connectivity index (χ1v) is 7.22. The van der Waals surface area contributed by atoms with Gasteiger partial charge in [-0.15, -0.1) is 0 Å². The van der Waals surface area contributed by atoms with E-state index in [9.17, 15) is 9.90 Å². The van der Waals surface area contributed by atoms with Gasteiger partial charge in [-0.1, -0.05) is 35.3 Å². The maximum atomic E-state index is 11.4. The van der Waals surface area contributed by atoms with Crippen LogP contribution >= 0.6 is 23.2 Å². The summed E-state index contributed by atoms with van der Waals surface area (Å²) in [6, 6.07) is 11.7. The van der Waals surface area contributed by atoms with Crippen LogP contribution in [0.2, 0.25) is 10.0 Å². The van der Waals surface area contributed by atoms with Crippen molar-refractivity contribution in [2.75, 3.05) is 7.11 Å². The highest BCUT2D eigenvalue weighted by molar-refractivity contribution is 6.32. The number of hydrogen-bond donors (Lipinski definition) is 1. The third-order valence-electron chi connectivity index (χ3n) is 2.99. The fourth-order valence-corrected chi connectivity index (χ4v) is 2.40. The standard InChI is InChI=1S/C16H14Cl2O4/c1-21-14-6-5-10(7-13(14)18)8-15(16(19)20)22-12-4-2-3-11(17)9-12/h2-7,9,15H,8H2,1H3,(H,19,20)/t15-/m0/s1. The van der Waals surface area contributed by atoms with Gasteiger partial charge in [-0.3, -0.25) is 0 Å². The molecule has 0 aliphatic heterocycles. The van der Waals surface area contributed by atoms with Crippen LogP contribution in [0.5, 0.6) is 11.5 Å². The van der Waals surface area contributed by atoms with Gasteiger partial charge in [-0.05, 0) is 35.9 Å². The molecule has 2 aromatic rings. The zero-order valence-electron chi connectivity index (χ0n) is 11.8. The van der Waals surface area contributed by atoms with Crippen LogP contribution in [0.15, 0.2) is 42.5 Å². The molecule has 1 atom stereocenters. The van der Waals surface area contributed by atoms with E-state index in [1.807, 2.05) is 0 Å². The molecule has 4 nitrogen and oxygen atoms in total. The van der Waals surface area contributed by atoms with Gasteiger partial charge in [0.05, 0.1) is 12.1 Å². The topological polar surface area (TPSA) is 55.8 Å². The molecule has 0 unspecified atom stereocenters. The van der Waals surface area contributed by atoms with Gasteiger partial charge in [0.15, 0.2) is 6.10 Å². The minimum absolute atomic E-state index is 0.172. The molecular weight excluding hydrogens is 327 g/mol. The molecule has 0 spiro atoms. The third-order valence-corrected chi connectivity index (χ3v) is 3.52. The second-order valence-corrected chi connectivity index (χ2v) is 5.42. The monoisotopic (exact) mass is 340 g/mol. The second-order valence-electron chi connectivity index (χ2n) is 4.58. The van der Waals surface area contributed by atoms with Crippen LogP contribution in [0.4, 0.5) is 0 Å². The Balaban J connectivity index is 2.15. The lowest BCUT2D eigenvalue weighted by Gasteiger charge is -2.16. The molecule has 0 heterocycles. The summed E-state index contributed by atoms with van der Waals surface area (Å²) in [5.41, 5.74) is 0.736. The number of benzene rings is 2. The molecule has 0 amide bonds. The van der Waals surface area contributed by atoms with Gasteiger partial charge in [-0.2, -0.15) is 0 Å². The van der Waals surface area contributed by atoms with Crippen molar-refractivity contribution >= 4 is 29.2 Å². The van der Waals surface area contributed by atoms with Crippen molar-refractivity contribution in [3.8, 4) is 11.5 Å². The normalized spacial score (nSPS) is 11.8. The Morgan fingerprint density at radius 3 is 2.59 bits per heavy atom. The maximum absolute atomic E-state index is 11.4. The van der Waals surface area contributed by atoms with Gasteiger partial charge in [0.2, 0.25) is 0 Å². The highest BCUT2D eigenvalue weighted by Crippen LogP contribution is 2.26. The maximum Gasteiger partial charge on any atom is 0.345 e. The number of carboxylic acids is 1. The third kappa shape index (κ3) is 4.29. The summed E-state index contributed by atoms with van der Waals surface area (Å²) < 4.78 is 10.6. The predicted octanol–water partition coefficient (Wildman–Crippen LogP) is 4.08. The van der Waals surface area contributed by atoms with Gasteiger partial charge in [0.25, 0.3) is 0 Å². The Labute approximate surface area is 138 Å². The first kappa shape index (κ1) is 16.5. The summed E-state index contributed by atoms with van der Waals surface area (Å²) >= 11 is 11.9. The Hall–Kier alpha value is -1.91. The summed E-state index contributed by atoms with van der Waals surface area (Å²) in [4.78, 5) is 11.4. The number of methoxy groups -OCH3 is 1. The van der Waals surface area contributed by atoms with E-state index < -0.39 is 12.1 Å². The fraction of sp³-hybridized carbons (Fsp3) is 0.188. The average molecular weight is 341 g/mol. The van der Waals surface area contributed by atoms with E-state index in [0.717, 1.165) is 5.56 Å². The Bertz CT molecular complexity index is 673. The molecular formula is C16H14Cl2O4. The van der Waals surface area contributed by atoms with E-state index in [2.05, 4.69) is 0 Å². The molecule has 6 heteroatoms. The molecule has 1 N–H and O–H groups in total. The molecule has 116 valence electrons. The van der Waals surface area contributed by atoms with Crippen LogP contribution in [-0.4, -0.2) is 24.3 Å². The van der Waals surface area contributed by atoms with Gasteiger partial charge in [-0.25, -0.2) is 4.79 Å². The average Bonchev–Trinajstić information content (AvgIpc) is 2.46. The Morgan fingerprint density at radius 2 is 2.00 bits per heavy atom. The highest BCUT2D eigenvalue weighted by Gasteiger charge is 2.20. The van der Waals surface area contributed by atoms with E-state index in [4.69, 9.17) is 32.7 Å². The predicted molar refractivity (Wildman–Crippen MR) is 85.2 cm³/mol. The van der Waals surface area contributed by atoms with Crippen LogP contribution in [-0.2, 0) is 11.2 Å². The van der Waals surface area contributed by atoms with Gasteiger partial charge in [0, 0.05) is 11.4 Å². The molecule has 0 bridgehead atoms. The number of halogens is 2. The van der Waals surface area contributed by atoms with E-state index in [1.54, 1.807) is 42.5 Å². The summed E-state index contributed by atoms with van der Waals surface area (Å²) in [6.07, 6.45) is -0.867. The van der Waals surface area contributed by atoms with Crippen molar-refractivity contribution < 1.29 is 19.4 Å². The quantitative estimate of drug-likeness (QED) is 0.860. The van der Waals surface area contributed by atoms with Gasteiger partial charge >= 0.3 is 5.97 Å². The fourth-order valence-electron chi connectivity index (χ4n) is 1.93. The first-order chi connectivity index (χ1) is 10.5. The van der Waals surface area contributed by atoms with E-state index >= 15 is 0 Å². The number of rotatable bonds is 6. The summed E-state index contributed by atoms with van der Waals surface area (Å²) in [7, 11) is 1.52. The molecule has 0 radical (unpaired) electrons.